The van der Waals surface area contributed by atoms with Crippen molar-refractivity contribution in [2.24, 2.45) is 0 Å². The molecule has 4 N–H and O–H groups in total. The van der Waals surface area contributed by atoms with Gasteiger partial charge in [-0.3, -0.25) is 9.36 Å². The molecule has 0 spiro atoms. The van der Waals surface area contributed by atoms with Crippen LogP contribution >= 0.6 is 0 Å². The van der Waals surface area contributed by atoms with Crippen molar-refractivity contribution >= 4 is 33.8 Å². The van der Waals surface area contributed by atoms with Crippen molar-refractivity contribution in [3.63, 3.8) is 0 Å². The molecular formula is C23H22N8O2. The Morgan fingerprint density at radius 1 is 1.15 bits per heavy atom. The second kappa shape index (κ2) is 8.23. The zero-order valence-electron chi connectivity index (χ0n) is 18.2. The highest BCUT2D eigenvalue weighted by molar-refractivity contribution is 5.83. The highest BCUT2D eigenvalue weighted by atomic mass is 16.5. The summed E-state index contributed by atoms with van der Waals surface area (Å²) < 4.78 is 7.00. The van der Waals surface area contributed by atoms with Crippen molar-refractivity contribution in [3.05, 3.63) is 70.5 Å². The van der Waals surface area contributed by atoms with Gasteiger partial charge in [0.25, 0.3) is 5.56 Å². The summed E-state index contributed by atoms with van der Waals surface area (Å²) in [6.45, 7) is 2.36. The maximum atomic E-state index is 13.6. The molecule has 0 unspecified atom stereocenters. The third-order valence-electron chi connectivity index (χ3n) is 5.42. The lowest BCUT2D eigenvalue weighted by Crippen LogP contribution is -2.26. The fourth-order valence-corrected chi connectivity index (χ4v) is 3.89. The van der Waals surface area contributed by atoms with Gasteiger partial charge in [-0.05, 0) is 30.7 Å². The molecule has 0 amide bonds. The summed E-state index contributed by atoms with van der Waals surface area (Å²) in [4.78, 5) is 34.0. The molecular weight excluding hydrogens is 420 g/mol. The van der Waals surface area contributed by atoms with E-state index in [4.69, 9.17) is 15.5 Å². The van der Waals surface area contributed by atoms with E-state index >= 15 is 0 Å². The Bertz CT molecular complexity index is 1540. The Morgan fingerprint density at radius 3 is 2.85 bits per heavy atom. The zero-order chi connectivity index (χ0) is 22.9. The van der Waals surface area contributed by atoms with Gasteiger partial charge >= 0.3 is 0 Å². The maximum absolute atomic E-state index is 13.6. The number of nitrogens with zero attached hydrogens (tertiary/aromatic N) is 5. The Balaban J connectivity index is 1.56. The van der Waals surface area contributed by atoms with Crippen LogP contribution in [0.2, 0.25) is 0 Å². The summed E-state index contributed by atoms with van der Waals surface area (Å²) in [6.07, 6.45) is 1.99. The lowest BCUT2D eigenvalue weighted by molar-refractivity contribution is 0.414. The van der Waals surface area contributed by atoms with Gasteiger partial charge in [-0.1, -0.05) is 18.2 Å². The first-order valence-electron chi connectivity index (χ1n) is 10.4. The van der Waals surface area contributed by atoms with Gasteiger partial charge in [0, 0.05) is 19.0 Å². The number of aryl methyl sites for hydroxylation is 1. The van der Waals surface area contributed by atoms with E-state index in [2.05, 4.69) is 25.3 Å². The molecule has 0 aliphatic carbocycles. The summed E-state index contributed by atoms with van der Waals surface area (Å²) in [6, 6.07) is 13.0. The van der Waals surface area contributed by atoms with Crippen molar-refractivity contribution in [2.45, 2.75) is 13.3 Å². The van der Waals surface area contributed by atoms with Crippen LogP contribution in [-0.4, -0.2) is 43.1 Å². The third-order valence-corrected chi connectivity index (χ3v) is 5.42. The van der Waals surface area contributed by atoms with Gasteiger partial charge in [-0.15, -0.1) is 0 Å². The second-order valence-corrected chi connectivity index (χ2v) is 7.55. The monoisotopic (exact) mass is 442 g/mol. The summed E-state index contributed by atoms with van der Waals surface area (Å²) >= 11 is 0. The quantitative estimate of drug-likeness (QED) is 0.365. The van der Waals surface area contributed by atoms with Crippen LogP contribution in [0.1, 0.15) is 11.4 Å². The summed E-state index contributed by atoms with van der Waals surface area (Å²) in [5, 5.41) is 3.85. The molecule has 2 aromatic carbocycles. The van der Waals surface area contributed by atoms with E-state index in [1.165, 1.54) is 6.33 Å². The summed E-state index contributed by atoms with van der Waals surface area (Å²) in [7, 11) is 1.60. The number of nitrogens with one attached hydrogen (secondary N) is 2. The molecule has 0 aliphatic rings. The van der Waals surface area contributed by atoms with Crippen LogP contribution in [-0.2, 0) is 6.42 Å². The maximum Gasteiger partial charge on any atom is 0.266 e. The lowest BCUT2D eigenvalue weighted by Gasteiger charge is -2.16. The topological polar surface area (TPSA) is 137 Å². The van der Waals surface area contributed by atoms with Crippen molar-refractivity contribution in [1.82, 2.24) is 29.5 Å². The van der Waals surface area contributed by atoms with Crippen LogP contribution in [0.3, 0.4) is 0 Å². The number of aromatic nitrogens is 6. The van der Waals surface area contributed by atoms with Crippen LogP contribution in [0.5, 0.6) is 5.75 Å². The van der Waals surface area contributed by atoms with Gasteiger partial charge in [0.1, 0.15) is 17.1 Å². The predicted octanol–water partition coefficient (Wildman–Crippen LogP) is 2.61. The van der Waals surface area contributed by atoms with Crippen molar-refractivity contribution < 1.29 is 4.74 Å². The lowest BCUT2D eigenvalue weighted by atomic mass is 10.1. The van der Waals surface area contributed by atoms with E-state index in [0.717, 1.165) is 5.56 Å². The number of imidazole rings is 1. The number of H-pyrrole nitrogens is 1. The van der Waals surface area contributed by atoms with Gasteiger partial charge in [0.05, 0.1) is 30.0 Å². The van der Waals surface area contributed by atoms with Crippen LogP contribution in [0, 0.1) is 6.92 Å². The minimum absolute atomic E-state index is 0.123. The Morgan fingerprint density at radius 2 is 2.00 bits per heavy atom. The van der Waals surface area contributed by atoms with E-state index < -0.39 is 0 Å². The molecule has 0 saturated heterocycles. The number of benzene rings is 2. The molecule has 0 aliphatic heterocycles. The number of hydrogen-bond donors (Lipinski definition) is 3. The van der Waals surface area contributed by atoms with Crippen molar-refractivity contribution in [3.8, 4) is 11.4 Å². The Labute approximate surface area is 188 Å². The van der Waals surface area contributed by atoms with Gasteiger partial charge < -0.3 is 20.8 Å². The van der Waals surface area contributed by atoms with Crippen LogP contribution in [0.15, 0.2) is 53.6 Å². The highest BCUT2D eigenvalue weighted by Crippen LogP contribution is 2.21. The molecule has 33 heavy (non-hydrogen) atoms. The second-order valence-electron chi connectivity index (χ2n) is 7.55. The third kappa shape index (κ3) is 3.71. The summed E-state index contributed by atoms with van der Waals surface area (Å²) in [5.41, 5.74) is 9.06. The summed E-state index contributed by atoms with van der Waals surface area (Å²) in [5.74, 6) is 1.93. The van der Waals surface area contributed by atoms with E-state index in [0.29, 0.717) is 58.1 Å². The molecule has 5 aromatic rings. The molecule has 0 atom stereocenters. The van der Waals surface area contributed by atoms with Gasteiger partial charge in [-0.25, -0.2) is 9.97 Å². The molecule has 3 aromatic heterocycles. The Hall–Kier alpha value is -4.47. The number of nitrogen functional groups attached to an aromatic ring is 1. The molecule has 0 bridgehead atoms. The first kappa shape index (κ1) is 20.4. The molecule has 0 saturated carbocycles. The number of fused-ring (bicyclic) bond motifs is 2. The minimum atomic E-state index is -0.123. The molecule has 0 radical (unpaired) electrons. The van der Waals surface area contributed by atoms with Gasteiger partial charge in [-0.2, -0.15) is 9.97 Å². The fourth-order valence-electron chi connectivity index (χ4n) is 3.89. The average Bonchev–Trinajstić information content (AvgIpc) is 3.27. The van der Waals surface area contributed by atoms with Crippen molar-refractivity contribution in [2.75, 3.05) is 24.7 Å². The number of hydrogen-bond acceptors (Lipinski definition) is 8. The molecule has 10 nitrogen and oxygen atoms in total. The average molecular weight is 442 g/mol. The number of methoxy groups -OCH3 is 1. The van der Waals surface area contributed by atoms with E-state index in [1.807, 2.05) is 49.4 Å². The van der Waals surface area contributed by atoms with Gasteiger partial charge in [0.15, 0.2) is 11.5 Å². The SMILES string of the molecule is COc1cccc(-n2c(CCNc3nc(N)nc4[nH]cnc34)nc3cccc(C)c3c2=O)c1. The first-order chi connectivity index (χ1) is 16.0. The van der Waals surface area contributed by atoms with Crippen LogP contribution in [0.4, 0.5) is 11.8 Å². The number of nitrogens with two attached hydrogens (primary N) is 1. The number of ether oxygens (including phenoxy) is 1. The number of rotatable bonds is 6. The largest absolute Gasteiger partial charge is 0.497 e. The van der Waals surface area contributed by atoms with Crippen molar-refractivity contribution in [1.29, 1.82) is 0 Å². The molecule has 5 rings (SSSR count). The number of aromatic amines is 1. The zero-order valence-corrected chi connectivity index (χ0v) is 18.2. The van der Waals surface area contributed by atoms with Crippen LogP contribution < -0.4 is 21.3 Å². The molecule has 0 fully saturated rings. The predicted molar refractivity (Wildman–Crippen MR) is 127 cm³/mol. The molecule has 10 heteroatoms. The highest BCUT2D eigenvalue weighted by Gasteiger charge is 2.15. The minimum Gasteiger partial charge on any atom is -0.497 e. The first-order valence-corrected chi connectivity index (χ1v) is 10.4. The standard InChI is InChI=1S/C23H22N8O2/c1-13-5-3-8-16-18(13)22(32)31(14-6-4-7-15(11-14)33-2)17(28-16)9-10-25-20-19-21(27-12-26-19)30-23(24)29-20/h3-8,11-12H,9-10H2,1-2H3,(H4,24,25,26,27,29,30). The normalized spacial score (nSPS) is 11.2. The van der Waals surface area contributed by atoms with E-state index in [-0.39, 0.29) is 11.5 Å². The molecule has 3 heterocycles. The van der Waals surface area contributed by atoms with Crippen LogP contribution in [0.25, 0.3) is 27.8 Å². The van der Waals surface area contributed by atoms with E-state index in [9.17, 15) is 4.79 Å². The fraction of sp³-hybridized carbons (Fsp3) is 0.174. The number of anilines is 2. The van der Waals surface area contributed by atoms with E-state index in [1.54, 1.807) is 11.7 Å². The Kier molecular flexibility index (Phi) is 5.09. The smallest absolute Gasteiger partial charge is 0.266 e. The van der Waals surface area contributed by atoms with Gasteiger partial charge in [0.2, 0.25) is 5.95 Å². The molecule has 166 valence electrons.